The van der Waals surface area contributed by atoms with Crippen LogP contribution in [-0.4, -0.2) is 39.6 Å². The standard InChI is InChI=1S/C22H18F3N5O2/c1-10-18-19(29-28-10)14-7-11(3-6-15(14)27-20(18)26)21(31)30(2)16-9-32-17-8-12(22(23,24)25)4-5-13(16)17/h3-8,16H,9H2,1-2H3,(H2,26,27)(H,28,29)/t16-/m1/s1. The molecule has 32 heavy (non-hydrogen) atoms. The van der Waals surface area contributed by atoms with E-state index in [-0.39, 0.29) is 18.3 Å². The topological polar surface area (TPSA) is 97.1 Å². The third-order valence-corrected chi connectivity index (χ3v) is 5.83. The fraction of sp³-hybridized carbons (Fsp3) is 0.227. The molecule has 0 radical (unpaired) electrons. The summed E-state index contributed by atoms with van der Waals surface area (Å²) in [5, 5.41) is 8.58. The Morgan fingerprint density at radius 3 is 2.78 bits per heavy atom. The predicted octanol–water partition coefficient (Wildman–Crippen LogP) is 4.23. The maximum Gasteiger partial charge on any atom is 0.416 e. The molecule has 1 aliphatic rings. The lowest BCUT2D eigenvalue weighted by Crippen LogP contribution is -2.32. The zero-order valence-electron chi connectivity index (χ0n) is 17.1. The molecule has 7 nitrogen and oxygen atoms in total. The zero-order valence-corrected chi connectivity index (χ0v) is 17.1. The van der Waals surface area contributed by atoms with Crippen molar-refractivity contribution < 1.29 is 22.7 Å². The van der Waals surface area contributed by atoms with E-state index in [0.717, 1.165) is 17.8 Å². The Morgan fingerprint density at radius 1 is 1.25 bits per heavy atom. The molecule has 3 heterocycles. The molecule has 0 bridgehead atoms. The first-order valence-corrected chi connectivity index (χ1v) is 9.80. The second kappa shape index (κ2) is 6.84. The van der Waals surface area contributed by atoms with Gasteiger partial charge in [-0.1, -0.05) is 6.07 Å². The van der Waals surface area contributed by atoms with E-state index in [0.29, 0.717) is 38.8 Å². The van der Waals surface area contributed by atoms with Crippen LogP contribution in [0.2, 0.25) is 0 Å². The number of aryl methyl sites for hydroxylation is 1. The number of alkyl halides is 3. The Hall–Kier alpha value is -3.82. The number of anilines is 1. The number of carbonyl (C=O) groups is 1. The number of benzene rings is 2. The molecule has 10 heteroatoms. The lowest BCUT2D eigenvalue weighted by atomic mass is 10.0. The van der Waals surface area contributed by atoms with Gasteiger partial charge in [0.15, 0.2) is 0 Å². The van der Waals surface area contributed by atoms with Crippen LogP contribution in [0, 0.1) is 6.92 Å². The Kier molecular flexibility index (Phi) is 4.30. The normalized spacial score (nSPS) is 15.7. The molecule has 1 amide bonds. The Balaban J connectivity index is 1.50. The van der Waals surface area contributed by atoms with Crippen LogP contribution >= 0.6 is 0 Å². The van der Waals surface area contributed by atoms with Gasteiger partial charge < -0.3 is 15.4 Å². The van der Waals surface area contributed by atoms with E-state index in [2.05, 4.69) is 15.2 Å². The largest absolute Gasteiger partial charge is 0.491 e. The molecule has 164 valence electrons. The highest BCUT2D eigenvalue weighted by molar-refractivity contribution is 6.10. The first-order valence-electron chi connectivity index (χ1n) is 9.80. The molecule has 5 rings (SSSR count). The average molecular weight is 441 g/mol. The monoisotopic (exact) mass is 441 g/mol. The number of ether oxygens (including phenoxy) is 1. The number of nitrogens with one attached hydrogen (secondary N) is 1. The van der Waals surface area contributed by atoms with Crippen LogP contribution in [0.5, 0.6) is 5.75 Å². The van der Waals surface area contributed by atoms with Crippen LogP contribution in [0.3, 0.4) is 0 Å². The van der Waals surface area contributed by atoms with Crippen molar-refractivity contribution >= 4 is 33.5 Å². The first kappa shape index (κ1) is 20.1. The number of nitrogens with two attached hydrogens (primary N) is 1. The summed E-state index contributed by atoms with van der Waals surface area (Å²) >= 11 is 0. The highest BCUT2D eigenvalue weighted by Gasteiger charge is 2.36. The maximum atomic E-state index is 13.2. The number of carbonyl (C=O) groups excluding carboxylic acids is 1. The second-order valence-corrected chi connectivity index (χ2v) is 7.79. The average Bonchev–Trinajstić information content (AvgIpc) is 3.35. The van der Waals surface area contributed by atoms with Gasteiger partial charge in [0.2, 0.25) is 0 Å². The fourth-order valence-electron chi connectivity index (χ4n) is 4.11. The number of hydrogen-bond acceptors (Lipinski definition) is 5. The van der Waals surface area contributed by atoms with Gasteiger partial charge in [0.25, 0.3) is 5.91 Å². The number of H-pyrrole nitrogens is 1. The van der Waals surface area contributed by atoms with Gasteiger partial charge in [-0.25, -0.2) is 4.98 Å². The summed E-state index contributed by atoms with van der Waals surface area (Å²) in [5.74, 6) is 0.190. The Labute approximate surface area is 180 Å². The van der Waals surface area contributed by atoms with E-state index in [1.807, 2.05) is 6.92 Å². The van der Waals surface area contributed by atoms with Crippen molar-refractivity contribution in [2.24, 2.45) is 0 Å². The highest BCUT2D eigenvalue weighted by atomic mass is 19.4. The molecule has 0 unspecified atom stereocenters. The molecular formula is C22H18F3N5O2. The molecule has 0 saturated carbocycles. The maximum absolute atomic E-state index is 13.2. The molecule has 3 N–H and O–H groups in total. The third-order valence-electron chi connectivity index (χ3n) is 5.83. The molecule has 0 saturated heterocycles. The van der Waals surface area contributed by atoms with Crippen molar-refractivity contribution in [1.82, 2.24) is 20.1 Å². The number of aromatic nitrogens is 3. The van der Waals surface area contributed by atoms with Crippen LogP contribution in [0.4, 0.5) is 19.0 Å². The summed E-state index contributed by atoms with van der Waals surface area (Å²) in [6.07, 6.45) is -4.46. The quantitative estimate of drug-likeness (QED) is 0.485. The molecular weight excluding hydrogens is 423 g/mol. The molecule has 2 aromatic heterocycles. The van der Waals surface area contributed by atoms with E-state index < -0.39 is 17.8 Å². The van der Waals surface area contributed by atoms with Gasteiger partial charge in [0, 0.05) is 29.3 Å². The number of pyridine rings is 1. The fourth-order valence-corrected chi connectivity index (χ4v) is 4.11. The summed E-state index contributed by atoms with van der Waals surface area (Å²) in [4.78, 5) is 19.1. The Morgan fingerprint density at radius 2 is 2.03 bits per heavy atom. The van der Waals surface area contributed by atoms with Gasteiger partial charge >= 0.3 is 6.18 Å². The first-order chi connectivity index (χ1) is 15.1. The molecule has 2 aromatic carbocycles. The van der Waals surface area contributed by atoms with Crippen molar-refractivity contribution in [3.8, 4) is 5.75 Å². The van der Waals surface area contributed by atoms with Crippen molar-refractivity contribution in [2.75, 3.05) is 19.4 Å². The minimum absolute atomic E-state index is 0.0767. The van der Waals surface area contributed by atoms with Crippen LogP contribution in [0.1, 0.15) is 33.2 Å². The van der Waals surface area contributed by atoms with Crippen LogP contribution in [-0.2, 0) is 6.18 Å². The molecule has 0 fully saturated rings. The lowest BCUT2D eigenvalue weighted by Gasteiger charge is -2.24. The van der Waals surface area contributed by atoms with Crippen LogP contribution < -0.4 is 10.5 Å². The third kappa shape index (κ3) is 3.02. The summed E-state index contributed by atoms with van der Waals surface area (Å²) in [6, 6.07) is 7.87. The predicted molar refractivity (Wildman–Crippen MR) is 112 cm³/mol. The summed E-state index contributed by atoms with van der Waals surface area (Å²) in [6.45, 7) is 1.91. The van der Waals surface area contributed by atoms with E-state index in [4.69, 9.17) is 10.5 Å². The van der Waals surface area contributed by atoms with E-state index in [1.54, 1.807) is 25.2 Å². The van der Waals surface area contributed by atoms with Gasteiger partial charge in [-0.3, -0.25) is 9.89 Å². The minimum atomic E-state index is -4.46. The number of nitrogen functional groups attached to an aromatic ring is 1. The molecule has 0 spiro atoms. The molecule has 1 atom stereocenters. The number of amides is 1. The van der Waals surface area contributed by atoms with Crippen LogP contribution in [0.25, 0.3) is 21.8 Å². The number of rotatable bonds is 2. The number of hydrogen-bond donors (Lipinski definition) is 2. The van der Waals surface area contributed by atoms with E-state index in [9.17, 15) is 18.0 Å². The van der Waals surface area contributed by atoms with Gasteiger partial charge in [0.05, 0.1) is 22.5 Å². The van der Waals surface area contributed by atoms with Crippen molar-refractivity contribution in [3.63, 3.8) is 0 Å². The molecule has 0 aliphatic carbocycles. The smallest absolute Gasteiger partial charge is 0.416 e. The SMILES string of the molecule is Cc1[nH]nc2c1c(N)nc1ccc(C(=O)N(C)[C@@H]3COc4cc(C(F)(F)F)ccc43)cc12. The molecule has 4 aromatic rings. The molecule has 1 aliphatic heterocycles. The van der Waals surface area contributed by atoms with Gasteiger partial charge in [-0.15, -0.1) is 0 Å². The number of nitrogens with zero attached hydrogens (tertiary/aromatic N) is 3. The summed E-state index contributed by atoms with van der Waals surface area (Å²) in [7, 11) is 1.60. The number of aromatic amines is 1. The van der Waals surface area contributed by atoms with E-state index >= 15 is 0 Å². The number of fused-ring (bicyclic) bond motifs is 4. The van der Waals surface area contributed by atoms with Crippen LogP contribution in [0.15, 0.2) is 36.4 Å². The Bertz CT molecular complexity index is 1400. The minimum Gasteiger partial charge on any atom is -0.491 e. The van der Waals surface area contributed by atoms with Gasteiger partial charge in [-0.2, -0.15) is 18.3 Å². The zero-order chi connectivity index (χ0) is 22.8. The van der Waals surface area contributed by atoms with Gasteiger partial charge in [0.1, 0.15) is 23.7 Å². The summed E-state index contributed by atoms with van der Waals surface area (Å²) < 4.78 is 44.4. The van der Waals surface area contributed by atoms with Crippen molar-refractivity contribution in [3.05, 3.63) is 58.8 Å². The van der Waals surface area contributed by atoms with E-state index in [1.165, 1.54) is 11.0 Å². The number of likely N-dealkylation sites (N-methyl/N-ethyl adjacent to an activating group) is 1. The second-order valence-electron chi connectivity index (χ2n) is 7.79. The van der Waals surface area contributed by atoms with Crippen molar-refractivity contribution in [2.45, 2.75) is 19.1 Å². The number of halogens is 3. The highest BCUT2D eigenvalue weighted by Crippen LogP contribution is 2.40. The lowest BCUT2D eigenvalue weighted by molar-refractivity contribution is -0.137. The van der Waals surface area contributed by atoms with Crippen molar-refractivity contribution in [1.29, 1.82) is 0 Å². The summed E-state index contributed by atoms with van der Waals surface area (Å²) in [5.41, 5.74) is 8.20. The van der Waals surface area contributed by atoms with Gasteiger partial charge in [-0.05, 0) is 37.3 Å².